The van der Waals surface area contributed by atoms with E-state index in [2.05, 4.69) is 16.2 Å². The number of aryl methyl sites for hydroxylation is 2. The highest BCUT2D eigenvalue weighted by atomic mass is 16.5. The third kappa shape index (κ3) is 6.01. The quantitative estimate of drug-likeness (QED) is 0.692. The number of nitrogens with one attached hydrogen (secondary N) is 3. The van der Waals surface area contributed by atoms with Gasteiger partial charge in [0.1, 0.15) is 11.5 Å². The molecule has 0 aliphatic heterocycles. The predicted octanol–water partition coefficient (Wildman–Crippen LogP) is 2.22. The van der Waals surface area contributed by atoms with Crippen molar-refractivity contribution in [3.63, 3.8) is 0 Å². The Morgan fingerprint density at radius 1 is 0.923 bits per heavy atom. The lowest BCUT2D eigenvalue weighted by Crippen LogP contribution is -2.48. The largest absolute Gasteiger partial charge is 0.497 e. The first kappa shape index (κ1) is 19.1. The highest BCUT2D eigenvalue weighted by molar-refractivity contribution is 5.81. The molecule has 7 nitrogen and oxygen atoms in total. The number of rotatable bonds is 6. The maximum atomic E-state index is 11.7. The zero-order valence-electron chi connectivity index (χ0n) is 15.1. The smallest absolute Gasteiger partial charge is 0.333 e. The molecule has 2 rings (SSSR count). The third-order valence-electron chi connectivity index (χ3n) is 3.78. The summed E-state index contributed by atoms with van der Waals surface area (Å²) in [5, 5.41) is 2.63. The number of carbonyl (C=O) groups is 2. The van der Waals surface area contributed by atoms with E-state index in [9.17, 15) is 9.59 Å². The molecule has 3 N–H and O–H groups in total. The van der Waals surface area contributed by atoms with Gasteiger partial charge in [0.2, 0.25) is 0 Å². The van der Waals surface area contributed by atoms with E-state index in [1.807, 2.05) is 38.1 Å². The summed E-state index contributed by atoms with van der Waals surface area (Å²) in [6.07, 6.45) is 0. The van der Waals surface area contributed by atoms with Crippen molar-refractivity contribution in [2.24, 2.45) is 0 Å². The van der Waals surface area contributed by atoms with Crippen molar-refractivity contribution in [2.45, 2.75) is 20.4 Å². The van der Waals surface area contributed by atoms with Gasteiger partial charge in [-0.05, 0) is 54.8 Å². The Kier molecular flexibility index (Phi) is 6.84. The number of hydrazine groups is 1. The van der Waals surface area contributed by atoms with Gasteiger partial charge in [0.25, 0.3) is 5.91 Å². The number of urea groups is 1. The highest BCUT2D eigenvalue weighted by Gasteiger charge is 2.06. The molecule has 0 bridgehead atoms. The second-order valence-electron chi connectivity index (χ2n) is 5.74. The fraction of sp³-hybridized carbons (Fsp3) is 0.263. The molecule has 0 unspecified atom stereocenters. The molecule has 2 aromatic carbocycles. The van der Waals surface area contributed by atoms with Crippen LogP contribution in [0.3, 0.4) is 0 Å². The van der Waals surface area contributed by atoms with Gasteiger partial charge in [-0.25, -0.2) is 10.2 Å². The maximum Gasteiger partial charge on any atom is 0.333 e. The molecule has 7 heteroatoms. The molecule has 3 amide bonds. The number of hydrogen-bond donors (Lipinski definition) is 3. The summed E-state index contributed by atoms with van der Waals surface area (Å²) in [7, 11) is 1.59. The normalized spacial score (nSPS) is 9.96. The van der Waals surface area contributed by atoms with Gasteiger partial charge in [-0.3, -0.25) is 10.2 Å². The number of methoxy groups -OCH3 is 1. The lowest BCUT2D eigenvalue weighted by Gasteiger charge is -2.11. The molecular formula is C19H23N3O4. The second kappa shape index (κ2) is 9.31. The Morgan fingerprint density at radius 2 is 1.62 bits per heavy atom. The maximum absolute atomic E-state index is 11.7. The Morgan fingerprint density at radius 3 is 2.27 bits per heavy atom. The number of carbonyl (C=O) groups excluding carboxylic acids is 2. The number of benzene rings is 2. The zero-order valence-corrected chi connectivity index (χ0v) is 15.1. The summed E-state index contributed by atoms with van der Waals surface area (Å²) in [4.78, 5) is 23.4. The molecular weight excluding hydrogens is 334 g/mol. The fourth-order valence-corrected chi connectivity index (χ4v) is 2.09. The number of ether oxygens (including phenoxy) is 2. The molecule has 2 aromatic rings. The van der Waals surface area contributed by atoms with Gasteiger partial charge in [-0.15, -0.1) is 0 Å². The van der Waals surface area contributed by atoms with E-state index < -0.39 is 11.9 Å². The average molecular weight is 357 g/mol. The molecule has 0 atom stereocenters. The van der Waals surface area contributed by atoms with Gasteiger partial charge in [-0.1, -0.05) is 18.2 Å². The second-order valence-corrected chi connectivity index (χ2v) is 5.74. The van der Waals surface area contributed by atoms with Gasteiger partial charge in [0, 0.05) is 6.54 Å². The SMILES string of the molecule is COc1ccc(CNC(=O)NNC(=O)COc2ccc(C)c(C)c2)cc1. The van der Waals surface area contributed by atoms with E-state index in [0.717, 1.165) is 22.4 Å². The van der Waals surface area contributed by atoms with Crippen molar-refractivity contribution in [3.8, 4) is 11.5 Å². The van der Waals surface area contributed by atoms with Crippen molar-refractivity contribution in [3.05, 3.63) is 59.2 Å². The monoisotopic (exact) mass is 357 g/mol. The van der Waals surface area contributed by atoms with Crippen LogP contribution in [0, 0.1) is 13.8 Å². The molecule has 0 radical (unpaired) electrons. The lowest BCUT2D eigenvalue weighted by molar-refractivity contribution is -0.123. The van der Waals surface area contributed by atoms with E-state index in [0.29, 0.717) is 12.3 Å². The van der Waals surface area contributed by atoms with E-state index >= 15 is 0 Å². The van der Waals surface area contributed by atoms with Gasteiger partial charge in [0.15, 0.2) is 6.61 Å². The third-order valence-corrected chi connectivity index (χ3v) is 3.78. The zero-order chi connectivity index (χ0) is 18.9. The van der Waals surface area contributed by atoms with Crippen molar-refractivity contribution >= 4 is 11.9 Å². The van der Waals surface area contributed by atoms with E-state index in [1.54, 1.807) is 25.3 Å². The van der Waals surface area contributed by atoms with Crippen molar-refractivity contribution < 1.29 is 19.1 Å². The van der Waals surface area contributed by atoms with Crippen LogP contribution in [0.4, 0.5) is 4.79 Å². The molecule has 0 aromatic heterocycles. The van der Waals surface area contributed by atoms with Crippen LogP contribution in [0.5, 0.6) is 11.5 Å². The summed E-state index contributed by atoms with van der Waals surface area (Å²) in [6.45, 7) is 4.10. The molecule has 0 heterocycles. The summed E-state index contributed by atoms with van der Waals surface area (Å²) in [5.41, 5.74) is 7.71. The number of hydrogen-bond acceptors (Lipinski definition) is 4. The highest BCUT2D eigenvalue weighted by Crippen LogP contribution is 2.16. The molecule has 0 fully saturated rings. The van der Waals surface area contributed by atoms with Crippen molar-refractivity contribution in [2.75, 3.05) is 13.7 Å². The molecule has 0 spiro atoms. The van der Waals surface area contributed by atoms with Crippen LogP contribution in [-0.4, -0.2) is 25.7 Å². The van der Waals surface area contributed by atoms with Crippen molar-refractivity contribution in [1.29, 1.82) is 0 Å². The Bertz CT molecular complexity index is 760. The van der Waals surface area contributed by atoms with E-state index in [4.69, 9.17) is 9.47 Å². The Balaban J connectivity index is 1.67. The molecule has 0 aliphatic rings. The van der Waals surface area contributed by atoms with Gasteiger partial charge < -0.3 is 14.8 Å². The Labute approximate surface area is 152 Å². The Hall–Kier alpha value is -3.22. The molecule has 0 saturated carbocycles. The first-order valence-electron chi connectivity index (χ1n) is 8.13. The van der Waals surface area contributed by atoms with Crippen LogP contribution >= 0.6 is 0 Å². The van der Waals surface area contributed by atoms with Crippen LogP contribution in [0.2, 0.25) is 0 Å². The van der Waals surface area contributed by atoms with Gasteiger partial charge in [0.05, 0.1) is 7.11 Å². The van der Waals surface area contributed by atoms with Gasteiger partial charge in [-0.2, -0.15) is 0 Å². The molecule has 138 valence electrons. The van der Waals surface area contributed by atoms with Crippen LogP contribution < -0.4 is 25.6 Å². The lowest BCUT2D eigenvalue weighted by atomic mass is 10.1. The predicted molar refractivity (Wildman–Crippen MR) is 97.9 cm³/mol. The van der Waals surface area contributed by atoms with Gasteiger partial charge >= 0.3 is 6.03 Å². The topological polar surface area (TPSA) is 88.7 Å². The minimum Gasteiger partial charge on any atom is -0.497 e. The van der Waals surface area contributed by atoms with E-state index in [-0.39, 0.29) is 6.61 Å². The molecule has 0 saturated heterocycles. The first-order chi connectivity index (χ1) is 12.5. The summed E-state index contributed by atoms with van der Waals surface area (Å²) >= 11 is 0. The minimum atomic E-state index is -0.514. The first-order valence-corrected chi connectivity index (χ1v) is 8.13. The number of amides is 3. The molecule has 26 heavy (non-hydrogen) atoms. The average Bonchev–Trinajstić information content (AvgIpc) is 2.66. The van der Waals surface area contributed by atoms with Crippen molar-refractivity contribution in [1.82, 2.24) is 16.2 Å². The summed E-state index contributed by atoms with van der Waals surface area (Å²) in [6, 6.07) is 12.4. The van der Waals surface area contributed by atoms with Crippen LogP contribution in [0.15, 0.2) is 42.5 Å². The van der Waals surface area contributed by atoms with E-state index in [1.165, 1.54) is 0 Å². The van der Waals surface area contributed by atoms with Crippen LogP contribution in [-0.2, 0) is 11.3 Å². The standard InChI is InChI=1S/C19H23N3O4/c1-13-4-7-17(10-14(13)2)26-12-18(23)21-22-19(24)20-11-15-5-8-16(25-3)9-6-15/h4-10H,11-12H2,1-3H3,(H,21,23)(H2,20,22,24). The fourth-order valence-electron chi connectivity index (χ4n) is 2.09. The van der Waals surface area contributed by atoms with Crippen LogP contribution in [0.25, 0.3) is 0 Å². The summed E-state index contributed by atoms with van der Waals surface area (Å²) in [5.74, 6) is 0.893. The molecule has 0 aliphatic carbocycles. The minimum absolute atomic E-state index is 0.193. The summed E-state index contributed by atoms with van der Waals surface area (Å²) < 4.78 is 10.5. The van der Waals surface area contributed by atoms with Crippen LogP contribution in [0.1, 0.15) is 16.7 Å².